The lowest BCUT2D eigenvalue weighted by Gasteiger charge is -2.19. The maximum absolute atomic E-state index is 12.4. The summed E-state index contributed by atoms with van der Waals surface area (Å²) in [6.07, 6.45) is 2.17. The van der Waals surface area contributed by atoms with Crippen LogP contribution in [0.3, 0.4) is 0 Å². The molecule has 2 aromatic rings. The molecule has 9 heteroatoms. The molecule has 0 saturated heterocycles. The van der Waals surface area contributed by atoms with Crippen molar-refractivity contribution in [2.45, 2.75) is 37.8 Å². The van der Waals surface area contributed by atoms with Crippen molar-refractivity contribution in [3.05, 3.63) is 35.7 Å². The van der Waals surface area contributed by atoms with Gasteiger partial charge in [0, 0.05) is 30.3 Å². The SMILES string of the molecule is CCN(CC)C(=O)c1cccc(NC(=O)CSc2nnc(C3CC3)n2N)c1. The van der Waals surface area contributed by atoms with Crippen molar-refractivity contribution in [3.63, 3.8) is 0 Å². The molecule has 8 nitrogen and oxygen atoms in total. The second-order valence-electron chi connectivity index (χ2n) is 6.38. The smallest absolute Gasteiger partial charge is 0.253 e. The molecule has 0 bridgehead atoms. The molecule has 1 heterocycles. The van der Waals surface area contributed by atoms with Gasteiger partial charge in [-0.2, -0.15) is 0 Å². The molecule has 1 fully saturated rings. The van der Waals surface area contributed by atoms with Gasteiger partial charge in [-0.1, -0.05) is 17.8 Å². The zero-order valence-corrected chi connectivity index (χ0v) is 16.3. The third-order valence-electron chi connectivity index (χ3n) is 4.41. The summed E-state index contributed by atoms with van der Waals surface area (Å²) >= 11 is 1.24. The van der Waals surface area contributed by atoms with Gasteiger partial charge < -0.3 is 16.1 Å². The van der Waals surface area contributed by atoms with E-state index < -0.39 is 0 Å². The quantitative estimate of drug-likeness (QED) is 0.530. The van der Waals surface area contributed by atoms with E-state index in [1.807, 2.05) is 13.8 Å². The van der Waals surface area contributed by atoms with Crippen molar-refractivity contribution in [2.75, 3.05) is 30.0 Å². The molecule has 0 unspecified atom stereocenters. The Hall–Kier alpha value is -2.55. The van der Waals surface area contributed by atoms with Crippen LogP contribution in [-0.2, 0) is 4.79 Å². The van der Waals surface area contributed by atoms with Gasteiger partial charge in [0.15, 0.2) is 5.82 Å². The van der Waals surface area contributed by atoms with Crippen LogP contribution in [-0.4, -0.2) is 50.4 Å². The van der Waals surface area contributed by atoms with Crippen molar-refractivity contribution in [2.24, 2.45) is 0 Å². The Morgan fingerprint density at radius 3 is 2.70 bits per heavy atom. The second kappa shape index (κ2) is 8.43. The van der Waals surface area contributed by atoms with Crippen LogP contribution in [0.1, 0.15) is 48.8 Å². The number of rotatable bonds is 8. The third kappa shape index (κ3) is 4.60. The Bertz CT molecular complexity index is 829. The molecular weight excluding hydrogens is 364 g/mol. The van der Waals surface area contributed by atoms with Crippen LogP contribution >= 0.6 is 11.8 Å². The van der Waals surface area contributed by atoms with E-state index in [4.69, 9.17) is 5.84 Å². The zero-order valence-electron chi connectivity index (χ0n) is 15.5. The molecule has 1 aromatic heterocycles. The van der Waals surface area contributed by atoms with E-state index in [1.54, 1.807) is 29.2 Å². The van der Waals surface area contributed by atoms with Gasteiger partial charge in [-0.3, -0.25) is 9.59 Å². The number of aromatic nitrogens is 3. The number of hydrogen-bond acceptors (Lipinski definition) is 6. The molecule has 0 aliphatic heterocycles. The van der Waals surface area contributed by atoms with Gasteiger partial charge in [0.2, 0.25) is 11.1 Å². The summed E-state index contributed by atoms with van der Waals surface area (Å²) in [7, 11) is 0. The van der Waals surface area contributed by atoms with Crippen molar-refractivity contribution in [1.29, 1.82) is 0 Å². The summed E-state index contributed by atoms with van der Waals surface area (Å²) in [5.41, 5.74) is 1.14. The van der Waals surface area contributed by atoms with Crippen molar-refractivity contribution in [3.8, 4) is 0 Å². The summed E-state index contributed by atoms with van der Waals surface area (Å²) in [4.78, 5) is 26.4. The molecule has 1 aliphatic carbocycles. The number of anilines is 1. The van der Waals surface area contributed by atoms with Crippen molar-refractivity contribution >= 4 is 29.3 Å². The molecule has 0 spiro atoms. The number of hydrogen-bond donors (Lipinski definition) is 2. The average molecular weight is 388 g/mol. The van der Waals surface area contributed by atoms with Gasteiger partial charge in [0.1, 0.15) is 0 Å². The molecule has 1 aromatic carbocycles. The number of amides is 2. The number of benzene rings is 1. The normalized spacial score (nSPS) is 13.4. The predicted octanol–water partition coefficient (Wildman–Crippen LogP) is 2.08. The molecule has 3 rings (SSSR count). The molecule has 0 atom stereocenters. The average Bonchev–Trinajstić information content (AvgIpc) is 3.44. The lowest BCUT2D eigenvalue weighted by atomic mass is 10.1. The van der Waals surface area contributed by atoms with E-state index in [1.165, 1.54) is 16.4 Å². The Kier molecular flexibility index (Phi) is 6.00. The maximum Gasteiger partial charge on any atom is 0.253 e. The summed E-state index contributed by atoms with van der Waals surface area (Å²) in [5.74, 6) is 7.09. The fourth-order valence-corrected chi connectivity index (χ4v) is 3.42. The molecule has 1 aliphatic rings. The van der Waals surface area contributed by atoms with E-state index in [-0.39, 0.29) is 17.6 Å². The first-order chi connectivity index (χ1) is 13.0. The van der Waals surface area contributed by atoms with Gasteiger partial charge in [-0.05, 0) is 44.9 Å². The molecule has 2 amide bonds. The number of thioether (sulfide) groups is 1. The van der Waals surface area contributed by atoms with Gasteiger partial charge >= 0.3 is 0 Å². The van der Waals surface area contributed by atoms with E-state index in [0.29, 0.717) is 35.4 Å². The van der Waals surface area contributed by atoms with Gasteiger partial charge in [0.25, 0.3) is 5.91 Å². The Labute approximate surface area is 162 Å². The summed E-state index contributed by atoms with van der Waals surface area (Å²) in [6.45, 7) is 5.17. The summed E-state index contributed by atoms with van der Waals surface area (Å²) in [6, 6.07) is 6.97. The number of carbonyl (C=O) groups is 2. The molecule has 1 saturated carbocycles. The Morgan fingerprint density at radius 2 is 2.04 bits per heavy atom. The summed E-state index contributed by atoms with van der Waals surface area (Å²) in [5, 5.41) is 11.5. The highest BCUT2D eigenvalue weighted by molar-refractivity contribution is 7.99. The summed E-state index contributed by atoms with van der Waals surface area (Å²) < 4.78 is 1.47. The fourth-order valence-electron chi connectivity index (χ4n) is 2.76. The third-order valence-corrected chi connectivity index (χ3v) is 5.35. The lowest BCUT2D eigenvalue weighted by molar-refractivity contribution is -0.113. The van der Waals surface area contributed by atoms with Crippen LogP contribution < -0.4 is 11.2 Å². The number of nitrogens with zero attached hydrogens (tertiary/aromatic N) is 4. The predicted molar refractivity (Wildman–Crippen MR) is 105 cm³/mol. The first-order valence-electron chi connectivity index (χ1n) is 9.05. The minimum Gasteiger partial charge on any atom is -0.339 e. The lowest BCUT2D eigenvalue weighted by Crippen LogP contribution is -2.30. The molecule has 27 heavy (non-hydrogen) atoms. The van der Waals surface area contributed by atoms with Crippen LogP contribution in [0.5, 0.6) is 0 Å². The Balaban J connectivity index is 1.58. The van der Waals surface area contributed by atoms with E-state index in [2.05, 4.69) is 15.5 Å². The molecular formula is C18H24N6O2S. The fraction of sp³-hybridized carbons (Fsp3) is 0.444. The number of nitrogens with two attached hydrogens (primary N) is 1. The van der Waals surface area contributed by atoms with Crippen LogP contribution in [0, 0.1) is 0 Å². The monoisotopic (exact) mass is 388 g/mol. The van der Waals surface area contributed by atoms with Crippen LogP contribution in [0.25, 0.3) is 0 Å². The van der Waals surface area contributed by atoms with E-state index >= 15 is 0 Å². The van der Waals surface area contributed by atoms with Crippen LogP contribution in [0.4, 0.5) is 5.69 Å². The van der Waals surface area contributed by atoms with Gasteiger partial charge in [0.05, 0.1) is 5.75 Å². The topological polar surface area (TPSA) is 106 Å². The number of nitrogen functional groups attached to an aromatic ring is 1. The largest absolute Gasteiger partial charge is 0.339 e. The maximum atomic E-state index is 12.4. The molecule has 3 N–H and O–H groups in total. The van der Waals surface area contributed by atoms with Crippen molar-refractivity contribution in [1.82, 2.24) is 19.8 Å². The minimum atomic E-state index is -0.191. The first kappa shape index (κ1) is 19.2. The number of carbonyl (C=O) groups excluding carboxylic acids is 2. The Morgan fingerprint density at radius 1 is 1.30 bits per heavy atom. The standard InChI is InChI=1S/C18H24N6O2S/c1-3-23(4-2)17(26)13-6-5-7-14(10-13)20-15(25)11-27-18-22-21-16(24(18)19)12-8-9-12/h5-7,10,12H,3-4,8-9,11,19H2,1-2H3,(H,20,25). The zero-order chi connectivity index (χ0) is 19.4. The van der Waals surface area contributed by atoms with Crippen molar-refractivity contribution < 1.29 is 9.59 Å². The van der Waals surface area contributed by atoms with Gasteiger partial charge in [-0.15, -0.1) is 10.2 Å². The van der Waals surface area contributed by atoms with Crippen LogP contribution in [0.15, 0.2) is 29.4 Å². The highest BCUT2D eigenvalue weighted by Gasteiger charge is 2.30. The van der Waals surface area contributed by atoms with E-state index in [9.17, 15) is 9.59 Å². The van der Waals surface area contributed by atoms with Gasteiger partial charge in [-0.25, -0.2) is 4.68 Å². The molecule has 144 valence electrons. The minimum absolute atomic E-state index is 0.0469. The highest BCUT2D eigenvalue weighted by atomic mass is 32.2. The first-order valence-corrected chi connectivity index (χ1v) is 10.0. The molecule has 0 radical (unpaired) electrons. The second-order valence-corrected chi connectivity index (χ2v) is 7.32. The van der Waals surface area contributed by atoms with E-state index in [0.717, 1.165) is 18.7 Å². The van der Waals surface area contributed by atoms with Crippen LogP contribution in [0.2, 0.25) is 0 Å². The highest BCUT2D eigenvalue weighted by Crippen LogP contribution is 2.39. The number of nitrogens with one attached hydrogen (secondary N) is 1.